The molecule has 2 amide bonds. The number of urea groups is 1. The molecule has 0 bridgehead atoms. The fourth-order valence-corrected chi connectivity index (χ4v) is 7.90. The van der Waals surface area contributed by atoms with Crippen molar-refractivity contribution in [2.24, 2.45) is 0 Å². The zero-order chi connectivity index (χ0) is 30.7. The number of sulfonamides is 1. The number of anilines is 2. The summed E-state index contributed by atoms with van der Waals surface area (Å²) in [7, 11) is -2.31. The van der Waals surface area contributed by atoms with Crippen LogP contribution in [0.25, 0.3) is 16.5 Å². The molecule has 3 heterocycles. The van der Waals surface area contributed by atoms with Crippen molar-refractivity contribution in [3.8, 4) is 5.69 Å². The molecule has 1 saturated heterocycles. The van der Waals surface area contributed by atoms with Gasteiger partial charge in [-0.2, -0.15) is 0 Å². The van der Waals surface area contributed by atoms with E-state index >= 15 is 0 Å². The lowest BCUT2D eigenvalue weighted by molar-refractivity contribution is 0.256. The Morgan fingerprint density at radius 3 is 2.37 bits per heavy atom. The lowest BCUT2D eigenvalue weighted by Gasteiger charge is -2.21. The number of rotatable bonds is 10. The molecule has 1 aliphatic rings. The number of hydrogen-bond acceptors (Lipinski definition) is 8. The van der Waals surface area contributed by atoms with Crippen LogP contribution in [0.1, 0.15) is 31.4 Å². The molecule has 1 unspecified atom stereocenters. The highest BCUT2D eigenvalue weighted by molar-refractivity contribution is 7.92. The summed E-state index contributed by atoms with van der Waals surface area (Å²) in [5.74, 6) is 0. The Morgan fingerprint density at radius 2 is 1.72 bits per heavy atom. The van der Waals surface area contributed by atoms with Gasteiger partial charge < -0.3 is 20.9 Å². The number of pyridine rings is 1. The maximum Gasteiger partial charge on any atom is 0.333 e. The number of hydrogen-bond donors (Lipinski definition) is 4. The fourth-order valence-electron chi connectivity index (χ4n) is 5.11. The van der Waals surface area contributed by atoms with Crippen LogP contribution in [0.3, 0.4) is 0 Å². The third-order valence-corrected chi connectivity index (χ3v) is 11.1. The predicted octanol–water partition coefficient (Wildman–Crippen LogP) is 5.66. The highest BCUT2D eigenvalue weighted by Gasteiger charge is 2.22. The molecule has 0 radical (unpaired) electrons. The Labute approximate surface area is 264 Å². The summed E-state index contributed by atoms with van der Waals surface area (Å²) >= 11 is 12.5. The van der Waals surface area contributed by atoms with Gasteiger partial charge in [0.2, 0.25) is 0 Å². The number of benzene rings is 2. The molecule has 4 aromatic rings. The van der Waals surface area contributed by atoms with E-state index in [1.54, 1.807) is 28.8 Å². The van der Waals surface area contributed by atoms with E-state index in [2.05, 4.69) is 27.8 Å². The van der Waals surface area contributed by atoms with Crippen LogP contribution in [0.5, 0.6) is 0 Å². The molecule has 2 aromatic heterocycles. The van der Waals surface area contributed by atoms with Crippen LogP contribution in [-0.2, 0) is 10.0 Å². The number of fused-ring (bicyclic) bond motifs is 1. The molecule has 1 fully saturated rings. The third-order valence-electron chi connectivity index (χ3n) is 7.40. The van der Waals surface area contributed by atoms with Crippen LogP contribution >= 0.6 is 34.5 Å². The number of amides is 2. The van der Waals surface area contributed by atoms with E-state index in [1.807, 2.05) is 36.2 Å². The Morgan fingerprint density at radius 1 is 1.02 bits per heavy atom. The van der Waals surface area contributed by atoms with Gasteiger partial charge in [-0.15, -0.1) is 11.3 Å². The first-order chi connectivity index (χ1) is 20.6. The molecule has 14 heteroatoms. The number of carbonyl (C=O) groups excluding carboxylic acids is 1. The van der Waals surface area contributed by atoms with Crippen molar-refractivity contribution in [3.05, 3.63) is 80.0 Å². The van der Waals surface area contributed by atoms with Gasteiger partial charge in [-0.1, -0.05) is 23.2 Å². The van der Waals surface area contributed by atoms with E-state index in [1.165, 1.54) is 18.9 Å². The summed E-state index contributed by atoms with van der Waals surface area (Å²) in [5, 5.41) is 10.8. The SMILES string of the molecule is CNc1ccc2c(=O)n(-c3ccc(NC(=O)NS(=O)(=O)c4cc(Cl)c(Cl)s4)cc3)cc(C(C)NCCN3CCCC3)c2c1. The van der Waals surface area contributed by atoms with Gasteiger partial charge in [0.25, 0.3) is 15.6 Å². The number of halogens is 2. The van der Waals surface area contributed by atoms with E-state index < -0.39 is 16.1 Å². The standard InChI is InChI=1S/C29H32Cl2N6O4S2/c1-18(33-11-14-36-12-3-4-13-36)24-17-37(28(38)22-10-7-20(32-2)15-23(22)24)21-8-5-19(6-9-21)34-29(39)35-43(40,41)26-16-25(30)27(31)42-26/h5-10,15-18,32-33H,3-4,11-14H2,1-2H3,(H2,34,35,39). The van der Waals surface area contributed by atoms with E-state index in [0.29, 0.717) is 16.8 Å². The second kappa shape index (κ2) is 13.2. The quantitative estimate of drug-likeness (QED) is 0.173. The number of thiophene rings is 1. The van der Waals surface area contributed by atoms with Gasteiger partial charge in [0.15, 0.2) is 0 Å². The Kier molecular flexibility index (Phi) is 9.64. The molecule has 0 spiro atoms. The summed E-state index contributed by atoms with van der Waals surface area (Å²) < 4.78 is 28.5. The van der Waals surface area contributed by atoms with Gasteiger partial charge in [-0.3, -0.25) is 9.36 Å². The average Bonchev–Trinajstić information content (AvgIpc) is 3.63. The van der Waals surface area contributed by atoms with E-state index in [-0.39, 0.29) is 25.2 Å². The molecule has 0 aliphatic carbocycles. The summed E-state index contributed by atoms with van der Waals surface area (Å²) in [6, 6.07) is 12.5. The topological polar surface area (TPSA) is 125 Å². The van der Waals surface area contributed by atoms with Crippen LogP contribution in [-0.4, -0.2) is 57.1 Å². The normalized spacial score (nSPS) is 14.6. The summed E-state index contributed by atoms with van der Waals surface area (Å²) in [4.78, 5) is 28.5. The van der Waals surface area contributed by atoms with Crippen LogP contribution in [0.4, 0.5) is 16.2 Å². The fraction of sp³-hybridized carbons (Fsp3) is 0.310. The monoisotopic (exact) mass is 662 g/mol. The minimum atomic E-state index is -4.16. The van der Waals surface area contributed by atoms with E-state index in [0.717, 1.165) is 54.2 Å². The zero-order valence-corrected chi connectivity index (χ0v) is 26.8. The second-order valence-corrected chi connectivity index (χ2v) is 14.3. The first-order valence-corrected chi connectivity index (χ1v) is 16.8. The molecular formula is C29H32Cl2N6O4S2. The van der Waals surface area contributed by atoms with E-state index in [4.69, 9.17) is 23.2 Å². The lowest BCUT2D eigenvalue weighted by atomic mass is 10.0. The number of likely N-dealkylation sites (tertiary alicyclic amines) is 1. The Hall–Kier alpha value is -3.13. The van der Waals surface area contributed by atoms with Gasteiger partial charge >= 0.3 is 6.03 Å². The van der Waals surface area contributed by atoms with Crippen molar-refractivity contribution in [3.63, 3.8) is 0 Å². The van der Waals surface area contributed by atoms with Gasteiger partial charge in [0, 0.05) is 54.8 Å². The van der Waals surface area contributed by atoms with Crippen LogP contribution < -0.4 is 26.2 Å². The van der Waals surface area contributed by atoms with Crippen molar-refractivity contribution in [1.82, 2.24) is 19.5 Å². The van der Waals surface area contributed by atoms with Gasteiger partial charge in [0.1, 0.15) is 8.55 Å². The summed E-state index contributed by atoms with van der Waals surface area (Å²) in [6.07, 6.45) is 4.35. The maximum atomic E-state index is 13.6. The van der Waals surface area contributed by atoms with Crippen LogP contribution in [0.15, 0.2) is 63.7 Å². The summed E-state index contributed by atoms with van der Waals surface area (Å²) in [6.45, 7) is 6.17. The van der Waals surface area contributed by atoms with Crippen molar-refractivity contribution < 1.29 is 13.2 Å². The second-order valence-electron chi connectivity index (χ2n) is 10.3. The molecular weight excluding hydrogens is 631 g/mol. The highest BCUT2D eigenvalue weighted by atomic mass is 35.5. The number of carbonyl (C=O) groups is 1. The Bertz CT molecular complexity index is 1780. The predicted molar refractivity (Wildman–Crippen MR) is 175 cm³/mol. The zero-order valence-electron chi connectivity index (χ0n) is 23.6. The van der Waals surface area contributed by atoms with Crippen molar-refractivity contribution >= 4 is 72.7 Å². The molecule has 1 atom stereocenters. The lowest BCUT2D eigenvalue weighted by Crippen LogP contribution is -2.34. The maximum absolute atomic E-state index is 13.6. The third kappa shape index (κ3) is 7.17. The molecule has 5 rings (SSSR count). The van der Waals surface area contributed by atoms with Crippen LogP contribution in [0, 0.1) is 0 Å². The number of aromatic nitrogens is 1. The Balaban J connectivity index is 1.37. The minimum absolute atomic E-state index is 0.0243. The van der Waals surface area contributed by atoms with Crippen molar-refractivity contribution in [1.29, 1.82) is 0 Å². The molecule has 1 aliphatic heterocycles. The molecule has 2 aromatic carbocycles. The largest absolute Gasteiger partial charge is 0.388 e. The molecule has 10 nitrogen and oxygen atoms in total. The van der Waals surface area contributed by atoms with Gasteiger partial charge in [-0.25, -0.2) is 17.9 Å². The summed E-state index contributed by atoms with van der Waals surface area (Å²) in [5.41, 5.74) is 2.65. The minimum Gasteiger partial charge on any atom is -0.388 e. The number of nitrogens with zero attached hydrogens (tertiary/aromatic N) is 2. The number of nitrogens with one attached hydrogen (secondary N) is 4. The first-order valence-electron chi connectivity index (χ1n) is 13.8. The first kappa shape index (κ1) is 31.3. The molecule has 43 heavy (non-hydrogen) atoms. The van der Waals surface area contributed by atoms with Gasteiger partial charge in [-0.05, 0) is 92.3 Å². The molecule has 228 valence electrons. The van der Waals surface area contributed by atoms with Crippen LogP contribution in [0.2, 0.25) is 9.36 Å². The highest BCUT2D eigenvalue weighted by Crippen LogP contribution is 2.34. The van der Waals surface area contributed by atoms with E-state index in [9.17, 15) is 18.0 Å². The van der Waals surface area contributed by atoms with Crippen molar-refractivity contribution in [2.45, 2.75) is 30.0 Å². The van der Waals surface area contributed by atoms with Gasteiger partial charge in [0.05, 0.1) is 5.02 Å². The average molecular weight is 664 g/mol. The smallest absolute Gasteiger partial charge is 0.333 e. The van der Waals surface area contributed by atoms with Crippen molar-refractivity contribution in [2.75, 3.05) is 43.9 Å². The molecule has 0 saturated carbocycles. The molecule has 4 N–H and O–H groups in total.